The van der Waals surface area contributed by atoms with Gasteiger partial charge in [0.2, 0.25) is 0 Å². The maximum Gasteiger partial charge on any atom is 0.337 e. The minimum absolute atomic E-state index is 0.369. The first-order valence-electron chi connectivity index (χ1n) is 7.47. The Hall–Kier alpha value is -1.87. The summed E-state index contributed by atoms with van der Waals surface area (Å²) in [5.41, 5.74) is 5.80. The SMILES string of the molecule is COC(=O)c1ccc(C(O)C2(C)C(C)=C(C)C(C)=C2C)cc1. The largest absolute Gasteiger partial charge is 0.465 e. The van der Waals surface area contributed by atoms with Gasteiger partial charge in [-0.3, -0.25) is 0 Å². The Kier molecular flexibility index (Phi) is 4.30. The Labute approximate surface area is 132 Å². The summed E-state index contributed by atoms with van der Waals surface area (Å²) >= 11 is 0. The lowest BCUT2D eigenvalue weighted by Gasteiger charge is -2.35. The first-order valence-corrected chi connectivity index (χ1v) is 7.47. The van der Waals surface area contributed by atoms with Crippen molar-refractivity contribution in [3.05, 3.63) is 57.7 Å². The number of aliphatic hydroxyl groups excluding tert-OH is 1. The van der Waals surface area contributed by atoms with Crippen molar-refractivity contribution in [2.24, 2.45) is 5.41 Å². The maximum atomic E-state index is 11.5. The molecule has 1 aliphatic rings. The molecule has 22 heavy (non-hydrogen) atoms. The van der Waals surface area contributed by atoms with Gasteiger partial charge in [-0.25, -0.2) is 4.79 Å². The molecule has 118 valence electrons. The second kappa shape index (κ2) is 5.73. The topological polar surface area (TPSA) is 46.5 Å². The monoisotopic (exact) mass is 300 g/mol. The van der Waals surface area contributed by atoms with E-state index in [9.17, 15) is 9.90 Å². The number of rotatable bonds is 3. The summed E-state index contributed by atoms with van der Waals surface area (Å²) in [5, 5.41) is 11.0. The van der Waals surface area contributed by atoms with Crippen LogP contribution in [0, 0.1) is 5.41 Å². The van der Waals surface area contributed by atoms with Gasteiger partial charge in [0.05, 0.1) is 18.8 Å². The van der Waals surface area contributed by atoms with Crippen LogP contribution in [0.4, 0.5) is 0 Å². The second-order valence-electron chi connectivity index (χ2n) is 6.22. The van der Waals surface area contributed by atoms with E-state index >= 15 is 0 Å². The van der Waals surface area contributed by atoms with E-state index in [2.05, 4.69) is 34.6 Å². The molecule has 0 aromatic heterocycles. The third kappa shape index (κ3) is 2.30. The summed E-state index contributed by atoms with van der Waals surface area (Å²) in [7, 11) is 1.36. The van der Waals surface area contributed by atoms with Crippen molar-refractivity contribution in [1.82, 2.24) is 0 Å². The van der Waals surface area contributed by atoms with E-state index in [4.69, 9.17) is 4.74 Å². The Bertz CT molecular complexity index is 638. The first-order chi connectivity index (χ1) is 10.2. The number of esters is 1. The summed E-state index contributed by atoms with van der Waals surface area (Å²) in [6, 6.07) is 6.98. The molecule has 1 atom stereocenters. The number of carbonyl (C=O) groups is 1. The zero-order chi connectivity index (χ0) is 16.7. The van der Waals surface area contributed by atoms with E-state index in [0.29, 0.717) is 5.56 Å². The molecule has 1 aromatic rings. The van der Waals surface area contributed by atoms with Crippen LogP contribution >= 0.6 is 0 Å². The van der Waals surface area contributed by atoms with Crippen LogP contribution in [0.3, 0.4) is 0 Å². The highest BCUT2D eigenvalue weighted by molar-refractivity contribution is 5.89. The van der Waals surface area contributed by atoms with Gasteiger partial charge < -0.3 is 9.84 Å². The van der Waals surface area contributed by atoms with Gasteiger partial charge in [-0.05, 0) is 63.5 Å². The summed E-state index contributed by atoms with van der Waals surface area (Å²) in [4.78, 5) is 11.5. The smallest absolute Gasteiger partial charge is 0.337 e. The van der Waals surface area contributed by atoms with Gasteiger partial charge >= 0.3 is 5.97 Å². The van der Waals surface area contributed by atoms with Gasteiger partial charge in [0.25, 0.3) is 0 Å². The maximum absolute atomic E-state index is 11.5. The normalized spacial score (nSPS) is 18.7. The highest BCUT2D eigenvalue weighted by atomic mass is 16.5. The van der Waals surface area contributed by atoms with Gasteiger partial charge in [0.15, 0.2) is 0 Å². The van der Waals surface area contributed by atoms with Gasteiger partial charge in [-0.15, -0.1) is 0 Å². The molecule has 1 aliphatic carbocycles. The number of ether oxygens (including phenoxy) is 1. The third-order valence-corrected chi connectivity index (χ3v) is 5.44. The van der Waals surface area contributed by atoms with Crippen molar-refractivity contribution in [2.45, 2.75) is 40.7 Å². The lowest BCUT2D eigenvalue weighted by Crippen LogP contribution is -2.27. The van der Waals surface area contributed by atoms with Crippen LogP contribution in [0.25, 0.3) is 0 Å². The molecule has 1 unspecified atom stereocenters. The summed E-state index contributed by atoms with van der Waals surface area (Å²) < 4.78 is 4.70. The molecule has 0 spiro atoms. The van der Waals surface area contributed by atoms with Crippen molar-refractivity contribution in [3.63, 3.8) is 0 Å². The minimum atomic E-state index is -0.647. The molecular formula is C19H24O3. The van der Waals surface area contributed by atoms with E-state index in [1.54, 1.807) is 24.3 Å². The number of benzene rings is 1. The summed E-state index contributed by atoms with van der Waals surface area (Å²) in [5.74, 6) is -0.369. The van der Waals surface area contributed by atoms with E-state index < -0.39 is 11.5 Å². The van der Waals surface area contributed by atoms with Crippen LogP contribution in [-0.2, 0) is 4.74 Å². The van der Waals surface area contributed by atoms with Crippen molar-refractivity contribution >= 4 is 5.97 Å². The fourth-order valence-electron chi connectivity index (χ4n) is 3.29. The van der Waals surface area contributed by atoms with Gasteiger partial charge in [0.1, 0.15) is 0 Å². The van der Waals surface area contributed by atoms with E-state index in [1.807, 2.05) is 0 Å². The Morgan fingerprint density at radius 1 is 1.05 bits per heavy atom. The van der Waals surface area contributed by atoms with Crippen molar-refractivity contribution < 1.29 is 14.6 Å². The molecular weight excluding hydrogens is 276 g/mol. The molecule has 0 saturated carbocycles. The molecule has 0 fully saturated rings. The Balaban J connectivity index is 2.40. The van der Waals surface area contributed by atoms with E-state index in [-0.39, 0.29) is 5.97 Å². The number of hydrogen-bond acceptors (Lipinski definition) is 3. The molecule has 3 nitrogen and oxygen atoms in total. The van der Waals surface area contributed by atoms with E-state index in [0.717, 1.165) is 5.56 Å². The zero-order valence-electron chi connectivity index (χ0n) is 14.2. The predicted molar refractivity (Wildman–Crippen MR) is 87.6 cm³/mol. The number of hydrogen-bond donors (Lipinski definition) is 1. The van der Waals surface area contributed by atoms with Crippen molar-refractivity contribution in [3.8, 4) is 0 Å². The molecule has 0 saturated heterocycles. The van der Waals surface area contributed by atoms with Gasteiger partial charge in [-0.1, -0.05) is 23.3 Å². The standard InChI is InChI=1S/C19H24O3/c1-11-12(2)14(4)19(5,13(11)3)17(20)15-7-9-16(10-8-15)18(21)22-6/h7-10,17,20H,1-6H3. The average molecular weight is 300 g/mol. The highest BCUT2D eigenvalue weighted by Gasteiger charge is 2.42. The average Bonchev–Trinajstić information content (AvgIpc) is 2.70. The molecule has 0 aliphatic heterocycles. The van der Waals surface area contributed by atoms with Crippen LogP contribution in [-0.4, -0.2) is 18.2 Å². The molecule has 2 rings (SSSR count). The summed E-state index contributed by atoms with van der Waals surface area (Å²) in [6.45, 7) is 10.5. The Morgan fingerprint density at radius 3 is 1.91 bits per heavy atom. The van der Waals surface area contributed by atoms with Crippen LogP contribution in [0.2, 0.25) is 0 Å². The fourth-order valence-corrected chi connectivity index (χ4v) is 3.29. The van der Waals surface area contributed by atoms with Crippen LogP contribution in [0.15, 0.2) is 46.6 Å². The third-order valence-electron chi connectivity index (χ3n) is 5.44. The summed E-state index contributed by atoms with van der Waals surface area (Å²) in [6.07, 6.45) is -0.647. The number of aliphatic hydroxyl groups is 1. The number of carbonyl (C=O) groups excluding carboxylic acids is 1. The zero-order valence-corrected chi connectivity index (χ0v) is 14.2. The first kappa shape index (κ1) is 16.5. The van der Waals surface area contributed by atoms with Crippen molar-refractivity contribution in [1.29, 1.82) is 0 Å². The van der Waals surface area contributed by atoms with Crippen LogP contribution < -0.4 is 0 Å². The molecule has 0 amide bonds. The second-order valence-corrected chi connectivity index (χ2v) is 6.22. The molecule has 1 aromatic carbocycles. The number of methoxy groups -OCH3 is 1. The van der Waals surface area contributed by atoms with Gasteiger partial charge in [-0.2, -0.15) is 0 Å². The van der Waals surface area contributed by atoms with Gasteiger partial charge in [0, 0.05) is 5.41 Å². The highest BCUT2D eigenvalue weighted by Crippen LogP contribution is 2.53. The lowest BCUT2D eigenvalue weighted by atomic mass is 9.72. The van der Waals surface area contributed by atoms with Crippen LogP contribution in [0.5, 0.6) is 0 Å². The van der Waals surface area contributed by atoms with Crippen LogP contribution in [0.1, 0.15) is 56.6 Å². The quantitative estimate of drug-likeness (QED) is 0.851. The predicted octanol–water partition coefficient (Wildman–Crippen LogP) is 4.20. The fraction of sp³-hybridized carbons (Fsp3) is 0.421. The lowest BCUT2D eigenvalue weighted by molar-refractivity contribution is 0.0600. The molecule has 0 bridgehead atoms. The minimum Gasteiger partial charge on any atom is -0.465 e. The molecule has 0 heterocycles. The van der Waals surface area contributed by atoms with Crippen molar-refractivity contribution in [2.75, 3.05) is 7.11 Å². The molecule has 3 heteroatoms. The molecule has 0 radical (unpaired) electrons. The molecule has 1 N–H and O–H groups in total. The number of allylic oxidation sites excluding steroid dienone is 2. The van der Waals surface area contributed by atoms with E-state index in [1.165, 1.54) is 29.4 Å². The Morgan fingerprint density at radius 2 is 1.50 bits per heavy atom.